The highest BCUT2D eigenvalue weighted by Gasteiger charge is 2.33. The Morgan fingerprint density at radius 3 is 2.29 bits per heavy atom. The molecule has 0 spiro atoms. The molecule has 98 valence electrons. The summed E-state index contributed by atoms with van der Waals surface area (Å²) in [6.45, 7) is 6.51. The quantitative estimate of drug-likeness (QED) is 0.800. The molecular formula is C14H26N2O. The normalized spacial score (nSPS) is 31.2. The molecular weight excluding hydrogens is 212 g/mol. The van der Waals surface area contributed by atoms with Gasteiger partial charge in [0.05, 0.1) is 0 Å². The largest absolute Gasteiger partial charge is 0.342 e. The van der Waals surface area contributed by atoms with Crippen LogP contribution in [0.15, 0.2) is 0 Å². The number of nitrogens with zero attached hydrogens (tertiary/aromatic N) is 1. The first-order chi connectivity index (χ1) is 8.08. The first kappa shape index (κ1) is 12.9. The number of carbonyl (C=O) groups excluding carboxylic acids is 1. The minimum Gasteiger partial charge on any atom is -0.342 e. The molecule has 1 aliphatic carbocycles. The molecule has 3 heteroatoms. The Balaban J connectivity index is 1.82. The molecule has 0 aromatic carbocycles. The predicted octanol–water partition coefficient (Wildman–Crippen LogP) is 2.01. The Hall–Kier alpha value is -0.570. The standard InChI is InChI=1S/C14H26N2O/c1-10(2)11-5-7-16(8-6-11)14(17)12-3-4-13(15)9-12/h10-13H,3-9,15H2,1-2H3. The molecule has 1 amide bonds. The van der Waals surface area contributed by atoms with E-state index in [1.54, 1.807) is 0 Å². The second kappa shape index (κ2) is 5.38. The van der Waals surface area contributed by atoms with Crippen molar-refractivity contribution in [3.8, 4) is 0 Å². The summed E-state index contributed by atoms with van der Waals surface area (Å²) in [5.74, 6) is 2.16. The fourth-order valence-corrected chi connectivity index (χ4v) is 3.29. The van der Waals surface area contributed by atoms with Crippen molar-refractivity contribution in [2.24, 2.45) is 23.5 Å². The number of hydrogen-bond acceptors (Lipinski definition) is 2. The molecule has 0 aromatic rings. The molecule has 17 heavy (non-hydrogen) atoms. The highest BCUT2D eigenvalue weighted by atomic mass is 16.2. The average molecular weight is 238 g/mol. The van der Waals surface area contributed by atoms with Gasteiger partial charge in [0, 0.05) is 25.0 Å². The van der Waals surface area contributed by atoms with E-state index in [0.29, 0.717) is 5.91 Å². The molecule has 0 radical (unpaired) electrons. The third-order valence-corrected chi connectivity index (χ3v) is 4.62. The molecule has 2 rings (SSSR count). The van der Waals surface area contributed by atoms with Crippen LogP contribution in [0.25, 0.3) is 0 Å². The molecule has 2 atom stereocenters. The van der Waals surface area contributed by atoms with Gasteiger partial charge in [-0.2, -0.15) is 0 Å². The number of nitrogens with two attached hydrogens (primary N) is 1. The van der Waals surface area contributed by atoms with Gasteiger partial charge >= 0.3 is 0 Å². The van der Waals surface area contributed by atoms with Crippen LogP contribution in [0, 0.1) is 17.8 Å². The smallest absolute Gasteiger partial charge is 0.225 e. The molecule has 1 saturated carbocycles. The van der Waals surface area contributed by atoms with Crippen molar-refractivity contribution in [1.29, 1.82) is 0 Å². The van der Waals surface area contributed by atoms with Gasteiger partial charge in [-0.05, 0) is 43.9 Å². The van der Waals surface area contributed by atoms with E-state index in [4.69, 9.17) is 5.73 Å². The maximum absolute atomic E-state index is 12.3. The van der Waals surface area contributed by atoms with E-state index in [2.05, 4.69) is 18.7 Å². The van der Waals surface area contributed by atoms with E-state index >= 15 is 0 Å². The molecule has 2 aliphatic rings. The zero-order chi connectivity index (χ0) is 12.4. The summed E-state index contributed by atoms with van der Waals surface area (Å²) in [5, 5.41) is 0. The van der Waals surface area contributed by atoms with Gasteiger partial charge in [0.15, 0.2) is 0 Å². The number of hydrogen-bond donors (Lipinski definition) is 1. The Bertz CT molecular complexity index is 269. The number of likely N-dealkylation sites (tertiary alicyclic amines) is 1. The summed E-state index contributed by atoms with van der Waals surface area (Å²) in [4.78, 5) is 14.4. The van der Waals surface area contributed by atoms with Crippen LogP contribution in [-0.4, -0.2) is 29.9 Å². The van der Waals surface area contributed by atoms with Crippen molar-refractivity contribution < 1.29 is 4.79 Å². The van der Waals surface area contributed by atoms with Crippen LogP contribution < -0.4 is 5.73 Å². The molecule has 3 nitrogen and oxygen atoms in total. The Morgan fingerprint density at radius 1 is 1.18 bits per heavy atom. The van der Waals surface area contributed by atoms with Crippen molar-refractivity contribution >= 4 is 5.91 Å². The molecule has 0 aromatic heterocycles. The maximum atomic E-state index is 12.3. The topological polar surface area (TPSA) is 46.3 Å². The second-order valence-corrected chi connectivity index (χ2v) is 6.18. The first-order valence-electron chi connectivity index (χ1n) is 7.12. The highest BCUT2D eigenvalue weighted by Crippen LogP contribution is 2.29. The summed E-state index contributed by atoms with van der Waals surface area (Å²) in [7, 11) is 0. The summed E-state index contributed by atoms with van der Waals surface area (Å²) in [6.07, 6.45) is 5.30. The fourth-order valence-electron chi connectivity index (χ4n) is 3.29. The van der Waals surface area contributed by atoms with E-state index in [-0.39, 0.29) is 12.0 Å². The van der Waals surface area contributed by atoms with E-state index < -0.39 is 0 Å². The Kier molecular flexibility index (Phi) is 4.08. The maximum Gasteiger partial charge on any atom is 0.225 e. The molecule has 2 N–H and O–H groups in total. The van der Waals surface area contributed by atoms with Gasteiger partial charge in [-0.1, -0.05) is 13.8 Å². The van der Waals surface area contributed by atoms with Crippen molar-refractivity contribution in [3.63, 3.8) is 0 Å². The number of amides is 1. The van der Waals surface area contributed by atoms with Crippen LogP contribution in [0.3, 0.4) is 0 Å². The van der Waals surface area contributed by atoms with Crippen LogP contribution in [0.1, 0.15) is 46.0 Å². The van der Waals surface area contributed by atoms with Crippen molar-refractivity contribution in [2.75, 3.05) is 13.1 Å². The monoisotopic (exact) mass is 238 g/mol. The lowest BCUT2D eigenvalue weighted by atomic mass is 9.86. The van der Waals surface area contributed by atoms with Crippen LogP contribution in [-0.2, 0) is 4.79 Å². The highest BCUT2D eigenvalue weighted by molar-refractivity contribution is 5.79. The van der Waals surface area contributed by atoms with Crippen molar-refractivity contribution in [3.05, 3.63) is 0 Å². The summed E-state index contributed by atoms with van der Waals surface area (Å²) >= 11 is 0. The molecule has 1 saturated heterocycles. The zero-order valence-electron chi connectivity index (χ0n) is 11.2. The predicted molar refractivity (Wildman–Crippen MR) is 69.5 cm³/mol. The van der Waals surface area contributed by atoms with Gasteiger partial charge in [-0.3, -0.25) is 4.79 Å². The molecule has 1 aliphatic heterocycles. The third kappa shape index (κ3) is 3.01. The third-order valence-electron chi connectivity index (χ3n) is 4.62. The minimum absolute atomic E-state index is 0.223. The number of piperidine rings is 1. The molecule has 1 heterocycles. The van der Waals surface area contributed by atoms with E-state index in [1.165, 1.54) is 12.8 Å². The summed E-state index contributed by atoms with van der Waals surface area (Å²) in [6, 6.07) is 0.261. The van der Waals surface area contributed by atoms with Gasteiger partial charge in [0.2, 0.25) is 5.91 Å². The minimum atomic E-state index is 0.223. The zero-order valence-corrected chi connectivity index (χ0v) is 11.2. The van der Waals surface area contributed by atoms with Gasteiger partial charge in [0.1, 0.15) is 0 Å². The van der Waals surface area contributed by atoms with Crippen LogP contribution in [0.5, 0.6) is 0 Å². The second-order valence-electron chi connectivity index (χ2n) is 6.18. The van der Waals surface area contributed by atoms with Crippen LogP contribution in [0.4, 0.5) is 0 Å². The van der Waals surface area contributed by atoms with E-state index in [1.807, 2.05) is 0 Å². The van der Waals surface area contributed by atoms with Gasteiger partial charge in [-0.25, -0.2) is 0 Å². The van der Waals surface area contributed by atoms with Crippen molar-refractivity contribution in [2.45, 2.75) is 52.0 Å². The number of carbonyl (C=O) groups is 1. The SMILES string of the molecule is CC(C)C1CCN(C(=O)C2CCC(N)C2)CC1. The van der Waals surface area contributed by atoms with E-state index in [9.17, 15) is 4.79 Å². The van der Waals surface area contributed by atoms with E-state index in [0.717, 1.165) is 44.2 Å². The fraction of sp³-hybridized carbons (Fsp3) is 0.929. The van der Waals surface area contributed by atoms with Crippen molar-refractivity contribution in [1.82, 2.24) is 4.90 Å². The molecule has 2 fully saturated rings. The van der Waals surface area contributed by atoms with Gasteiger partial charge < -0.3 is 10.6 Å². The lowest BCUT2D eigenvalue weighted by molar-refractivity contribution is -0.137. The summed E-state index contributed by atoms with van der Waals surface area (Å²) in [5.41, 5.74) is 5.88. The Labute approximate surface area is 105 Å². The van der Waals surface area contributed by atoms with Crippen LogP contribution >= 0.6 is 0 Å². The number of rotatable bonds is 2. The molecule has 2 unspecified atom stereocenters. The summed E-state index contributed by atoms with van der Waals surface area (Å²) < 4.78 is 0. The Morgan fingerprint density at radius 2 is 1.82 bits per heavy atom. The van der Waals surface area contributed by atoms with Crippen LogP contribution in [0.2, 0.25) is 0 Å². The first-order valence-corrected chi connectivity index (χ1v) is 7.12. The van der Waals surface area contributed by atoms with Gasteiger partial charge in [-0.15, -0.1) is 0 Å². The lowest BCUT2D eigenvalue weighted by Crippen LogP contribution is -2.42. The average Bonchev–Trinajstić information content (AvgIpc) is 2.75. The molecule has 0 bridgehead atoms. The lowest BCUT2D eigenvalue weighted by Gasteiger charge is -2.35. The van der Waals surface area contributed by atoms with Gasteiger partial charge in [0.25, 0.3) is 0 Å².